The molecule has 0 amide bonds. The molecule has 0 unspecified atom stereocenters. The normalized spacial score (nSPS) is 14.8. The summed E-state index contributed by atoms with van der Waals surface area (Å²) in [4.78, 5) is 13.2. The first-order valence-corrected chi connectivity index (χ1v) is 8.62. The monoisotopic (exact) mass is 376 g/mol. The van der Waals surface area contributed by atoms with Gasteiger partial charge in [-0.05, 0) is 24.1 Å². The highest BCUT2D eigenvalue weighted by Gasteiger charge is 2.14. The largest absolute Gasteiger partial charge is 0.378 e. The number of ether oxygens (including phenoxy) is 1. The van der Waals surface area contributed by atoms with E-state index in [0.29, 0.717) is 0 Å². The van der Waals surface area contributed by atoms with Crippen molar-refractivity contribution >= 4 is 27.6 Å². The number of aromatic nitrogens is 2. The van der Waals surface area contributed by atoms with E-state index in [9.17, 15) is 0 Å². The van der Waals surface area contributed by atoms with Crippen LogP contribution in [-0.2, 0) is 11.2 Å². The van der Waals surface area contributed by atoms with Crippen LogP contribution in [0.5, 0.6) is 0 Å². The zero-order chi connectivity index (χ0) is 16.1. The van der Waals surface area contributed by atoms with Crippen LogP contribution in [0.1, 0.15) is 5.56 Å². The molecule has 2 heterocycles. The maximum Gasteiger partial charge on any atom is 0.134 e. The van der Waals surface area contributed by atoms with Crippen LogP contribution in [-0.4, -0.2) is 49.9 Å². The van der Waals surface area contributed by atoms with Crippen LogP contribution in [0.25, 0.3) is 0 Å². The number of likely N-dealkylation sites (N-methyl/N-ethyl adjacent to an activating group) is 1. The molecule has 3 rings (SSSR count). The Balaban J connectivity index is 1.63. The first kappa shape index (κ1) is 16.2. The Morgan fingerprint density at radius 1 is 1.22 bits per heavy atom. The zero-order valence-corrected chi connectivity index (χ0v) is 14.9. The van der Waals surface area contributed by atoms with Crippen molar-refractivity contribution in [3.63, 3.8) is 0 Å². The van der Waals surface area contributed by atoms with E-state index in [1.807, 2.05) is 6.07 Å². The van der Waals surface area contributed by atoms with Gasteiger partial charge in [-0.1, -0.05) is 28.1 Å². The number of rotatable bonds is 5. The van der Waals surface area contributed by atoms with Crippen molar-refractivity contribution in [1.82, 2.24) is 9.97 Å². The number of morpholine rings is 1. The molecule has 0 radical (unpaired) electrons. The molecule has 122 valence electrons. The molecule has 0 atom stereocenters. The van der Waals surface area contributed by atoms with Crippen molar-refractivity contribution in [3.8, 4) is 0 Å². The van der Waals surface area contributed by atoms with Crippen molar-refractivity contribution in [2.24, 2.45) is 0 Å². The quantitative estimate of drug-likeness (QED) is 0.802. The van der Waals surface area contributed by atoms with Crippen LogP contribution in [0.2, 0.25) is 0 Å². The van der Waals surface area contributed by atoms with Crippen molar-refractivity contribution in [1.29, 1.82) is 0 Å². The minimum Gasteiger partial charge on any atom is -0.378 e. The summed E-state index contributed by atoms with van der Waals surface area (Å²) >= 11 is 3.52. The van der Waals surface area contributed by atoms with Gasteiger partial charge in [0.1, 0.15) is 18.0 Å². The van der Waals surface area contributed by atoms with Gasteiger partial charge in [0.05, 0.1) is 13.2 Å². The van der Waals surface area contributed by atoms with Crippen LogP contribution >= 0.6 is 15.9 Å². The van der Waals surface area contributed by atoms with Crippen LogP contribution in [0.15, 0.2) is 41.1 Å². The lowest BCUT2D eigenvalue weighted by Gasteiger charge is -2.28. The molecule has 0 spiro atoms. The molecule has 0 bridgehead atoms. The number of halogens is 1. The van der Waals surface area contributed by atoms with E-state index in [1.54, 1.807) is 6.33 Å². The molecule has 23 heavy (non-hydrogen) atoms. The second-order valence-corrected chi connectivity index (χ2v) is 6.55. The van der Waals surface area contributed by atoms with Gasteiger partial charge in [-0.25, -0.2) is 9.97 Å². The summed E-state index contributed by atoms with van der Waals surface area (Å²) < 4.78 is 6.52. The van der Waals surface area contributed by atoms with Gasteiger partial charge in [0.15, 0.2) is 0 Å². The van der Waals surface area contributed by atoms with Crippen LogP contribution in [0.4, 0.5) is 11.6 Å². The van der Waals surface area contributed by atoms with E-state index < -0.39 is 0 Å². The predicted octanol–water partition coefficient (Wildman–Crippen LogP) is 2.75. The second kappa shape index (κ2) is 7.75. The summed E-state index contributed by atoms with van der Waals surface area (Å²) in [6, 6.07) is 10.5. The average Bonchev–Trinajstić information content (AvgIpc) is 2.61. The van der Waals surface area contributed by atoms with Crippen LogP contribution in [0, 0.1) is 0 Å². The summed E-state index contributed by atoms with van der Waals surface area (Å²) in [7, 11) is 2.07. The first-order chi connectivity index (χ1) is 11.2. The molecule has 1 fully saturated rings. The van der Waals surface area contributed by atoms with Gasteiger partial charge < -0.3 is 14.5 Å². The van der Waals surface area contributed by atoms with Gasteiger partial charge in [-0.3, -0.25) is 0 Å². The van der Waals surface area contributed by atoms with Crippen molar-refractivity contribution in [3.05, 3.63) is 46.7 Å². The highest BCUT2D eigenvalue weighted by atomic mass is 79.9. The summed E-state index contributed by atoms with van der Waals surface area (Å²) in [5.41, 5.74) is 1.31. The number of benzene rings is 1. The van der Waals surface area contributed by atoms with E-state index in [1.165, 1.54) is 5.56 Å². The molecule has 1 saturated heterocycles. The Bertz CT molecular complexity index is 646. The Morgan fingerprint density at radius 3 is 2.83 bits per heavy atom. The third kappa shape index (κ3) is 4.42. The lowest BCUT2D eigenvalue weighted by Crippen LogP contribution is -2.37. The lowest BCUT2D eigenvalue weighted by molar-refractivity contribution is 0.122. The molecule has 1 aromatic carbocycles. The molecular weight excluding hydrogens is 356 g/mol. The van der Waals surface area contributed by atoms with Gasteiger partial charge in [0, 0.05) is 37.2 Å². The molecule has 0 saturated carbocycles. The molecule has 5 nitrogen and oxygen atoms in total. The molecule has 0 N–H and O–H groups in total. The Kier molecular flexibility index (Phi) is 5.46. The van der Waals surface area contributed by atoms with Gasteiger partial charge >= 0.3 is 0 Å². The number of hydrogen-bond donors (Lipinski definition) is 0. The molecule has 1 aromatic heterocycles. The fourth-order valence-electron chi connectivity index (χ4n) is 2.62. The van der Waals surface area contributed by atoms with Crippen molar-refractivity contribution in [2.75, 3.05) is 49.7 Å². The van der Waals surface area contributed by atoms with E-state index in [-0.39, 0.29) is 0 Å². The molecule has 1 aliphatic heterocycles. The molecule has 0 aliphatic carbocycles. The van der Waals surface area contributed by atoms with E-state index in [4.69, 9.17) is 4.74 Å². The van der Waals surface area contributed by atoms with Crippen molar-refractivity contribution < 1.29 is 4.74 Å². The topological polar surface area (TPSA) is 41.5 Å². The van der Waals surface area contributed by atoms with Gasteiger partial charge in [0.2, 0.25) is 0 Å². The molecule has 2 aromatic rings. The molecular formula is C17H21BrN4O. The minimum atomic E-state index is 0.762. The number of anilines is 2. The third-order valence-electron chi connectivity index (χ3n) is 3.99. The Labute approximate surface area is 145 Å². The summed E-state index contributed by atoms with van der Waals surface area (Å²) in [6.45, 7) is 4.21. The van der Waals surface area contributed by atoms with Gasteiger partial charge in [0.25, 0.3) is 0 Å². The highest BCUT2D eigenvalue weighted by Crippen LogP contribution is 2.18. The molecule has 6 heteroatoms. The minimum absolute atomic E-state index is 0.762. The predicted molar refractivity (Wildman–Crippen MR) is 96.2 cm³/mol. The average molecular weight is 377 g/mol. The number of hydrogen-bond acceptors (Lipinski definition) is 5. The van der Waals surface area contributed by atoms with Crippen LogP contribution < -0.4 is 9.80 Å². The summed E-state index contributed by atoms with van der Waals surface area (Å²) in [5, 5.41) is 0. The zero-order valence-electron chi connectivity index (χ0n) is 13.3. The Hall–Kier alpha value is -1.66. The third-order valence-corrected chi connectivity index (χ3v) is 4.48. The van der Waals surface area contributed by atoms with E-state index in [0.717, 1.165) is 55.4 Å². The van der Waals surface area contributed by atoms with Gasteiger partial charge in [-0.15, -0.1) is 0 Å². The van der Waals surface area contributed by atoms with Crippen LogP contribution in [0.3, 0.4) is 0 Å². The first-order valence-electron chi connectivity index (χ1n) is 7.83. The Morgan fingerprint density at radius 2 is 2.04 bits per heavy atom. The lowest BCUT2D eigenvalue weighted by atomic mass is 10.1. The SMILES string of the molecule is CN(CCc1cccc(Br)c1)c1cc(N2CCOCC2)ncn1. The second-order valence-electron chi connectivity index (χ2n) is 5.64. The van der Waals surface area contributed by atoms with Gasteiger partial charge in [-0.2, -0.15) is 0 Å². The summed E-state index contributed by atoms with van der Waals surface area (Å²) in [6.07, 6.45) is 2.63. The highest BCUT2D eigenvalue weighted by molar-refractivity contribution is 9.10. The fraction of sp³-hybridized carbons (Fsp3) is 0.412. The maximum atomic E-state index is 5.40. The van der Waals surface area contributed by atoms with E-state index >= 15 is 0 Å². The molecule has 1 aliphatic rings. The van der Waals surface area contributed by atoms with E-state index in [2.05, 4.69) is 67.0 Å². The smallest absolute Gasteiger partial charge is 0.134 e. The fourth-order valence-corrected chi connectivity index (χ4v) is 3.06. The standard InChI is InChI=1S/C17H21BrN4O/c1-21(6-5-14-3-2-4-15(18)11-14)16-12-17(20-13-19-16)22-7-9-23-10-8-22/h2-4,11-13H,5-10H2,1H3. The maximum absolute atomic E-state index is 5.40. The van der Waals surface area contributed by atoms with Crippen molar-refractivity contribution in [2.45, 2.75) is 6.42 Å². The summed E-state index contributed by atoms with van der Waals surface area (Å²) in [5.74, 6) is 1.93. The number of nitrogens with zero attached hydrogens (tertiary/aromatic N) is 4.